The molecule has 0 fully saturated rings. The zero-order valence-electron chi connectivity index (χ0n) is 15.2. The van der Waals surface area contributed by atoms with E-state index >= 15 is 0 Å². The molecule has 31 heavy (non-hydrogen) atoms. The van der Waals surface area contributed by atoms with Gasteiger partial charge in [-0.15, -0.1) is 10.2 Å². The maximum absolute atomic E-state index is 13.2. The molecule has 0 bridgehead atoms. The second-order valence-corrected chi connectivity index (χ2v) is 6.13. The SMILES string of the molecule is [C-]#[N+]c1ccc(N(Cc2nnc(-c3cccc(F)n3)o2)CC(F)(F)F)cc1C(F)(F)F. The summed E-state index contributed by atoms with van der Waals surface area (Å²) < 4.78 is 97.2. The third-order valence-corrected chi connectivity index (χ3v) is 3.87. The number of anilines is 1. The number of alkyl halides is 6. The van der Waals surface area contributed by atoms with Gasteiger partial charge in [0.15, 0.2) is 5.69 Å². The number of halogens is 7. The Balaban J connectivity index is 1.95. The van der Waals surface area contributed by atoms with E-state index in [1.165, 1.54) is 12.1 Å². The van der Waals surface area contributed by atoms with Crippen molar-refractivity contribution in [3.63, 3.8) is 0 Å². The Hall–Kier alpha value is -3.69. The summed E-state index contributed by atoms with van der Waals surface area (Å²) in [5.41, 5.74) is -2.65. The predicted octanol–water partition coefficient (Wildman–Crippen LogP) is 5.41. The first-order valence-corrected chi connectivity index (χ1v) is 8.32. The maximum atomic E-state index is 13.2. The lowest BCUT2D eigenvalue weighted by Crippen LogP contribution is -2.34. The predicted molar refractivity (Wildman–Crippen MR) is 92.3 cm³/mol. The van der Waals surface area contributed by atoms with E-state index in [-0.39, 0.29) is 17.5 Å². The minimum Gasteiger partial charge on any atom is -0.417 e. The molecule has 2 heterocycles. The van der Waals surface area contributed by atoms with Gasteiger partial charge in [0.1, 0.15) is 12.2 Å². The van der Waals surface area contributed by atoms with Gasteiger partial charge in [-0.25, -0.2) is 9.83 Å². The minimum absolute atomic E-state index is 0.0677. The molecule has 0 aliphatic heterocycles. The summed E-state index contributed by atoms with van der Waals surface area (Å²) >= 11 is 0. The molecule has 0 radical (unpaired) electrons. The molecule has 0 unspecified atom stereocenters. The molecule has 0 spiro atoms. The van der Waals surface area contributed by atoms with Crippen molar-refractivity contribution in [2.45, 2.75) is 18.9 Å². The molecule has 0 saturated heterocycles. The first kappa shape index (κ1) is 22.0. The fourth-order valence-corrected chi connectivity index (χ4v) is 2.61. The first-order valence-electron chi connectivity index (χ1n) is 8.32. The van der Waals surface area contributed by atoms with Crippen molar-refractivity contribution in [1.82, 2.24) is 15.2 Å². The molecule has 0 N–H and O–H groups in total. The number of aromatic nitrogens is 3. The number of nitrogens with zero attached hydrogens (tertiary/aromatic N) is 5. The average molecular weight is 445 g/mol. The lowest BCUT2D eigenvalue weighted by atomic mass is 10.1. The summed E-state index contributed by atoms with van der Waals surface area (Å²) in [6.45, 7) is 4.51. The van der Waals surface area contributed by atoms with Crippen molar-refractivity contribution in [1.29, 1.82) is 0 Å². The van der Waals surface area contributed by atoms with Crippen LogP contribution in [-0.4, -0.2) is 27.9 Å². The molecule has 162 valence electrons. The van der Waals surface area contributed by atoms with Gasteiger partial charge in [0.05, 0.1) is 18.7 Å². The summed E-state index contributed by atoms with van der Waals surface area (Å²) in [5, 5.41) is 7.14. The molecule has 3 rings (SSSR count). The summed E-state index contributed by atoms with van der Waals surface area (Å²) in [7, 11) is 0. The highest BCUT2D eigenvalue weighted by atomic mass is 19.4. The molecule has 13 heteroatoms. The quantitative estimate of drug-likeness (QED) is 0.299. The van der Waals surface area contributed by atoms with Crippen LogP contribution in [0, 0.1) is 12.5 Å². The Morgan fingerprint density at radius 3 is 2.39 bits per heavy atom. The van der Waals surface area contributed by atoms with Gasteiger partial charge in [0, 0.05) is 5.69 Å². The van der Waals surface area contributed by atoms with Crippen LogP contribution in [0.5, 0.6) is 0 Å². The Kier molecular flexibility index (Phi) is 5.83. The standard InChI is InChI=1S/C18H10F7N5O/c1-26-12-6-5-10(7-11(12)18(23,24)25)30(9-17(20,21)22)8-15-28-29-16(31-15)13-3-2-4-14(19)27-13/h2-7H,8-9H2. The number of benzene rings is 1. The Labute approximate surface area is 169 Å². The van der Waals surface area contributed by atoms with Crippen LogP contribution in [0.2, 0.25) is 0 Å². The normalized spacial score (nSPS) is 11.9. The van der Waals surface area contributed by atoms with Gasteiger partial charge in [0.2, 0.25) is 11.8 Å². The van der Waals surface area contributed by atoms with Crippen molar-refractivity contribution in [2.75, 3.05) is 11.4 Å². The van der Waals surface area contributed by atoms with Crippen LogP contribution in [0.3, 0.4) is 0 Å². The number of hydrogen-bond acceptors (Lipinski definition) is 5. The Bertz CT molecular complexity index is 1120. The van der Waals surface area contributed by atoms with Gasteiger partial charge in [-0.1, -0.05) is 12.1 Å². The molecule has 6 nitrogen and oxygen atoms in total. The van der Waals surface area contributed by atoms with Gasteiger partial charge in [-0.2, -0.15) is 30.7 Å². The van der Waals surface area contributed by atoms with Crippen LogP contribution in [0.1, 0.15) is 11.5 Å². The summed E-state index contributed by atoms with van der Waals surface area (Å²) in [5.74, 6) is -1.50. The van der Waals surface area contributed by atoms with Crippen LogP contribution in [-0.2, 0) is 12.7 Å². The largest absolute Gasteiger partial charge is 0.417 e. The van der Waals surface area contributed by atoms with Crippen molar-refractivity contribution in [2.24, 2.45) is 0 Å². The molecule has 0 aliphatic carbocycles. The number of pyridine rings is 1. The van der Waals surface area contributed by atoms with Crippen LogP contribution in [0.4, 0.5) is 42.1 Å². The van der Waals surface area contributed by atoms with Crippen molar-refractivity contribution < 1.29 is 35.2 Å². The van der Waals surface area contributed by atoms with Crippen molar-refractivity contribution >= 4 is 11.4 Å². The third-order valence-electron chi connectivity index (χ3n) is 3.87. The molecular formula is C18H10F7N5O. The number of hydrogen-bond donors (Lipinski definition) is 0. The van der Waals surface area contributed by atoms with E-state index in [1.807, 2.05) is 0 Å². The van der Waals surface area contributed by atoms with Crippen LogP contribution < -0.4 is 4.90 Å². The van der Waals surface area contributed by atoms with Gasteiger partial charge < -0.3 is 9.32 Å². The van der Waals surface area contributed by atoms with Gasteiger partial charge >= 0.3 is 12.4 Å². The smallest absolute Gasteiger partial charge is 0.407 e. The Morgan fingerprint density at radius 2 is 1.77 bits per heavy atom. The summed E-state index contributed by atoms with van der Waals surface area (Å²) in [4.78, 5) is 6.79. The summed E-state index contributed by atoms with van der Waals surface area (Å²) in [6, 6.07) is 5.87. The highest BCUT2D eigenvalue weighted by molar-refractivity contribution is 5.62. The maximum Gasteiger partial charge on any atom is 0.407 e. The molecule has 0 amide bonds. The van der Waals surface area contributed by atoms with Crippen LogP contribution in [0.25, 0.3) is 16.4 Å². The second-order valence-electron chi connectivity index (χ2n) is 6.13. The van der Waals surface area contributed by atoms with Gasteiger partial charge in [-0.3, -0.25) is 0 Å². The highest BCUT2D eigenvalue weighted by Gasteiger charge is 2.36. The fraction of sp³-hybridized carbons (Fsp3) is 0.222. The van der Waals surface area contributed by atoms with E-state index in [4.69, 9.17) is 11.0 Å². The van der Waals surface area contributed by atoms with E-state index in [2.05, 4.69) is 20.0 Å². The van der Waals surface area contributed by atoms with E-state index in [1.54, 1.807) is 0 Å². The van der Waals surface area contributed by atoms with Crippen molar-refractivity contribution in [3.05, 3.63) is 65.2 Å². The van der Waals surface area contributed by atoms with E-state index < -0.39 is 48.3 Å². The number of rotatable bonds is 5. The lowest BCUT2D eigenvalue weighted by molar-refractivity contribution is -0.136. The molecule has 0 saturated carbocycles. The van der Waals surface area contributed by atoms with Crippen LogP contribution in [0.15, 0.2) is 40.8 Å². The first-order chi connectivity index (χ1) is 14.5. The molecule has 0 atom stereocenters. The van der Waals surface area contributed by atoms with Gasteiger partial charge in [0.25, 0.3) is 5.89 Å². The minimum atomic E-state index is -4.94. The topological polar surface area (TPSA) is 59.4 Å². The lowest BCUT2D eigenvalue weighted by Gasteiger charge is -2.25. The van der Waals surface area contributed by atoms with E-state index in [0.717, 1.165) is 18.2 Å². The highest BCUT2D eigenvalue weighted by Crippen LogP contribution is 2.39. The molecule has 0 aliphatic rings. The fourth-order valence-electron chi connectivity index (χ4n) is 2.61. The van der Waals surface area contributed by atoms with Crippen LogP contribution >= 0.6 is 0 Å². The van der Waals surface area contributed by atoms with Gasteiger partial charge in [-0.05, 0) is 24.3 Å². The molecule has 1 aromatic carbocycles. The average Bonchev–Trinajstić information content (AvgIpc) is 3.14. The zero-order valence-corrected chi connectivity index (χ0v) is 15.2. The molecule has 2 aromatic heterocycles. The Morgan fingerprint density at radius 1 is 1.03 bits per heavy atom. The zero-order chi connectivity index (χ0) is 22.8. The van der Waals surface area contributed by atoms with Crippen molar-refractivity contribution in [3.8, 4) is 11.6 Å². The third kappa shape index (κ3) is 5.47. The molecule has 3 aromatic rings. The van der Waals surface area contributed by atoms with E-state index in [9.17, 15) is 30.7 Å². The second kappa shape index (κ2) is 8.21. The molecular weight excluding hydrogens is 435 g/mol. The monoisotopic (exact) mass is 445 g/mol. The van der Waals surface area contributed by atoms with E-state index in [0.29, 0.717) is 11.0 Å². The summed E-state index contributed by atoms with van der Waals surface area (Å²) in [6.07, 6.45) is -9.72.